The minimum atomic E-state index is -1.03. The maximum Gasteiger partial charge on any atom is 0.343 e. The Morgan fingerprint density at radius 3 is 0.919 bits per heavy atom. The predicted molar refractivity (Wildman–Crippen MR) is 337 cm³/mol. The molecule has 0 aromatic heterocycles. The molecule has 450 valence electrons. The normalized spacial score (nSPS) is 11.0. The first kappa shape index (κ1) is 65.3. The third kappa shape index (κ3) is 21.7. The van der Waals surface area contributed by atoms with Crippen molar-refractivity contribution in [2.75, 3.05) is 0 Å². The lowest BCUT2D eigenvalue weighted by Crippen LogP contribution is -2.13. The number of hydrogen-bond acceptors (Lipinski definition) is 9. The Bertz CT molecular complexity index is 3080. The number of nitriles is 1. The van der Waals surface area contributed by atoms with Gasteiger partial charge in [0.25, 0.3) is 0 Å². The van der Waals surface area contributed by atoms with E-state index in [1.54, 1.807) is 48.5 Å². The van der Waals surface area contributed by atoms with E-state index in [-0.39, 0.29) is 39.3 Å². The highest BCUT2D eigenvalue weighted by Crippen LogP contribution is 2.29. The van der Waals surface area contributed by atoms with Crippen LogP contribution in [0.4, 0.5) is 8.78 Å². The van der Waals surface area contributed by atoms with E-state index < -0.39 is 47.0 Å². The van der Waals surface area contributed by atoms with Crippen molar-refractivity contribution >= 4 is 23.9 Å². The predicted octanol–water partition coefficient (Wildman–Crippen LogP) is 20.5. The third-order valence-corrected chi connectivity index (χ3v) is 15.6. The van der Waals surface area contributed by atoms with E-state index in [9.17, 15) is 24.4 Å². The summed E-state index contributed by atoms with van der Waals surface area (Å²) in [7, 11) is 0. The highest BCUT2D eigenvalue weighted by molar-refractivity contribution is 5.94. The van der Waals surface area contributed by atoms with Gasteiger partial charge in [-0.25, -0.2) is 28.0 Å². The second kappa shape index (κ2) is 35.9. The van der Waals surface area contributed by atoms with Crippen LogP contribution in [-0.4, -0.2) is 23.9 Å². The summed E-state index contributed by atoms with van der Waals surface area (Å²) in [6, 6.07) is 42.3. The molecule has 7 aromatic rings. The summed E-state index contributed by atoms with van der Waals surface area (Å²) in [5, 5.41) is 9.72. The van der Waals surface area contributed by atoms with Gasteiger partial charge in [-0.1, -0.05) is 228 Å². The van der Waals surface area contributed by atoms with Crippen LogP contribution in [0.15, 0.2) is 152 Å². The monoisotopic (exact) mass is 1160 g/mol. The maximum absolute atomic E-state index is 15.4. The number of nitrogens with zero attached hydrogens (tertiary/aromatic N) is 1. The second-order valence-electron chi connectivity index (χ2n) is 22.5. The molecule has 0 saturated heterocycles. The minimum Gasteiger partial charge on any atom is -0.423 e. The van der Waals surface area contributed by atoms with Crippen LogP contribution in [-0.2, 0) is 12.8 Å². The van der Waals surface area contributed by atoms with Crippen LogP contribution in [0.25, 0.3) is 22.3 Å². The van der Waals surface area contributed by atoms with Crippen LogP contribution in [0.3, 0.4) is 0 Å². The number of carbonyl (C=O) groups excluding carboxylic acids is 4. The Morgan fingerprint density at radius 2 is 0.616 bits per heavy atom. The molecule has 0 aliphatic carbocycles. The van der Waals surface area contributed by atoms with Crippen LogP contribution < -0.4 is 18.9 Å². The average molecular weight is 1160 g/mol. The minimum absolute atomic E-state index is 0.0581. The number of carbonyl (C=O) groups is 4. The van der Waals surface area contributed by atoms with E-state index in [1.165, 1.54) is 189 Å². The first-order valence-corrected chi connectivity index (χ1v) is 31.4. The van der Waals surface area contributed by atoms with Crippen molar-refractivity contribution in [1.82, 2.24) is 0 Å². The zero-order valence-corrected chi connectivity index (χ0v) is 50.3. The van der Waals surface area contributed by atoms with E-state index in [0.717, 1.165) is 65.4 Å². The SMILES string of the molecule is CCCCCCCCCCCCCCc1ccc(-c2ccc(C(=O)Oc3ccc(C(=O)Oc4cc(C#N)cc(OC(=O)c5ccc(OC(=O)c6ccc(-c7ccc(CCCCCCCCCCCCCC)cc7)cc6)c(F)c5)c4)cc3F)cc2)cc1. The van der Waals surface area contributed by atoms with Crippen LogP contribution in [0.1, 0.15) is 226 Å². The van der Waals surface area contributed by atoms with E-state index in [1.807, 2.05) is 6.07 Å². The highest BCUT2D eigenvalue weighted by Gasteiger charge is 2.20. The van der Waals surface area contributed by atoms with Gasteiger partial charge in [0.05, 0.1) is 33.9 Å². The van der Waals surface area contributed by atoms with Crippen molar-refractivity contribution in [2.24, 2.45) is 0 Å². The number of unbranched alkanes of at least 4 members (excludes halogenated alkanes) is 22. The number of benzene rings is 7. The molecule has 0 atom stereocenters. The second-order valence-corrected chi connectivity index (χ2v) is 22.5. The van der Waals surface area contributed by atoms with Gasteiger partial charge in [-0.2, -0.15) is 5.26 Å². The third-order valence-electron chi connectivity index (χ3n) is 15.6. The molecule has 0 saturated carbocycles. The Hall–Kier alpha value is -8.23. The number of esters is 4. The summed E-state index contributed by atoms with van der Waals surface area (Å²) in [6.45, 7) is 4.51. The fourth-order valence-electron chi connectivity index (χ4n) is 10.5. The van der Waals surface area contributed by atoms with E-state index in [2.05, 4.69) is 62.4 Å². The van der Waals surface area contributed by atoms with E-state index in [0.29, 0.717) is 0 Å². The molecule has 0 fully saturated rings. The lowest BCUT2D eigenvalue weighted by molar-refractivity contribution is 0.0716. The first-order chi connectivity index (χ1) is 42.0. The van der Waals surface area contributed by atoms with Crippen LogP contribution in [0, 0.1) is 23.0 Å². The van der Waals surface area contributed by atoms with E-state index >= 15 is 8.78 Å². The van der Waals surface area contributed by atoms with Crippen molar-refractivity contribution in [3.63, 3.8) is 0 Å². The van der Waals surface area contributed by atoms with Crippen molar-refractivity contribution in [3.8, 4) is 51.3 Å². The first-order valence-electron chi connectivity index (χ1n) is 31.4. The molecule has 0 spiro atoms. The molecular formula is C75H83F2NO8. The highest BCUT2D eigenvalue weighted by atomic mass is 19.1. The molecule has 0 heterocycles. The summed E-state index contributed by atoms with van der Waals surface area (Å²) in [6.07, 6.45) is 33.7. The quantitative estimate of drug-likeness (QED) is 0.0214. The van der Waals surface area contributed by atoms with Crippen molar-refractivity contribution in [2.45, 2.75) is 181 Å². The summed E-state index contributed by atoms with van der Waals surface area (Å²) in [5.41, 5.74) is 6.26. The number of aryl methyl sites for hydroxylation is 2. The van der Waals surface area contributed by atoms with Gasteiger partial charge in [0.1, 0.15) is 11.5 Å². The van der Waals surface area contributed by atoms with Gasteiger partial charge in [0.15, 0.2) is 23.1 Å². The average Bonchev–Trinajstić information content (AvgIpc) is 2.94. The molecule has 0 aliphatic heterocycles. The lowest BCUT2D eigenvalue weighted by Gasteiger charge is -2.11. The van der Waals surface area contributed by atoms with Gasteiger partial charge in [0, 0.05) is 6.07 Å². The van der Waals surface area contributed by atoms with Crippen molar-refractivity contribution in [1.29, 1.82) is 5.26 Å². The largest absolute Gasteiger partial charge is 0.423 e. The van der Waals surface area contributed by atoms with Gasteiger partial charge >= 0.3 is 23.9 Å². The number of ether oxygens (including phenoxy) is 4. The molecule has 9 nitrogen and oxygen atoms in total. The van der Waals surface area contributed by atoms with Gasteiger partial charge in [-0.3, -0.25) is 0 Å². The molecule has 7 rings (SSSR count). The van der Waals surface area contributed by atoms with Gasteiger partial charge in [-0.05, 0) is 132 Å². The summed E-state index contributed by atoms with van der Waals surface area (Å²) < 4.78 is 52.3. The lowest BCUT2D eigenvalue weighted by atomic mass is 10.00. The van der Waals surface area contributed by atoms with Crippen LogP contribution in [0.5, 0.6) is 23.0 Å². The van der Waals surface area contributed by atoms with Gasteiger partial charge in [-0.15, -0.1) is 0 Å². The Balaban J connectivity index is 0.825. The van der Waals surface area contributed by atoms with Crippen LogP contribution >= 0.6 is 0 Å². The Labute approximate surface area is 508 Å². The van der Waals surface area contributed by atoms with Gasteiger partial charge < -0.3 is 18.9 Å². The van der Waals surface area contributed by atoms with Crippen molar-refractivity contribution in [3.05, 3.63) is 202 Å². The molecule has 0 unspecified atom stereocenters. The molecule has 11 heteroatoms. The zero-order valence-electron chi connectivity index (χ0n) is 50.3. The smallest absolute Gasteiger partial charge is 0.343 e. The molecular weight excluding hydrogens is 1080 g/mol. The molecule has 0 bridgehead atoms. The number of hydrogen-bond donors (Lipinski definition) is 0. The van der Waals surface area contributed by atoms with Crippen LogP contribution in [0.2, 0.25) is 0 Å². The maximum atomic E-state index is 15.4. The Kier molecular flexibility index (Phi) is 27.3. The molecule has 7 aromatic carbocycles. The molecule has 0 radical (unpaired) electrons. The molecule has 86 heavy (non-hydrogen) atoms. The molecule has 0 N–H and O–H groups in total. The number of halogens is 2. The molecule has 0 aliphatic rings. The fraction of sp³-hybridized carbons (Fsp3) is 0.373. The Morgan fingerprint density at radius 1 is 0.337 bits per heavy atom. The topological polar surface area (TPSA) is 129 Å². The number of rotatable bonds is 36. The summed E-state index contributed by atoms with van der Waals surface area (Å²) in [5.74, 6) is -6.94. The summed E-state index contributed by atoms with van der Waals surface area (Å²) in [4.78, 5) is 52.6. The van der Waals surface area contributed by atoms with E-state index in [4.69, 9.17) is 18.9 Å². The van der Waals surface area contributed by atoms with Crippen molar-refractivity contribution < 1.29 is 46.9 Å². The standard InChI is InChI=1S/C75H83F2NO8/c1-3-5-7-9-11-13-15-17-19-21-23-25-27-55-29-33-58(34-30-55)60-37-41-62(42-38-60)72(79)85-70-47-45-64(51-68(70)76)74(81)83-66-49-57(54-78)50-67(53-66)84-75(82)65-46-48-71(69(77)52-65)86-73(80)63-43-39-61(40-44-63)59-35-31-56(32-36-59)28-26-24-22-20-18-16-14-12-10-8-6-4-2/h29-53H,3-28H2,1-2H3. The fourth-order valence-corrected chi connectivity index (χ4v) is 10.5. The zero-order chi connectivity index (χ0) is 60.7. The molecule has 0 amide bonds. The summed E-state index contributed by atoms with van der Waals surface area (Å²) >= 11 is 0. The van der Waals surface area contributed by atoms with Gasteiger partial charge in [0.2, 0.25) is 0 Å².